The Morgan fingerprint density at radius 1 is 0.917 bits per heavy atom. The maximum atomic E-state index is 11.0. The van der Waals surface area contributed by atoms with Crippen molar-refractivity contribution in [2.75, 3.05) is 19.0 Å². The molecule has 0 saturated carbocycles. The highest BCUT2D eigenvalue weighted by Crippen LogP contribution is 2.11. The van der Waals surface area contributed by atoms with E-state index in [-0.39, 0.29) is 0 Å². The lowest BCUT2D eigenvalue weighted by atomic mass is 10.2. The topological polar surface area (TPSA) is 78.0 Å². The minimum atomic E-state index is -1.06. The molecule has 0 spiro atoms. The molecule has 0 saturated heterocycles. The second-order valence-corrected chi connectivity index (χ2v) is 7.11. The summed E-state index contributed by atoms with van der Waals surface area (Å²) in [7, 11) is 3.95. The SMILES string of the molecule is CC(C)(C)OC(=O)OC(=O)OC(C)(C)C.CN(C)c1ccccn1. The zero-order valence-electron chi connectivity index (χ0n) is 15.7. The number of anilines is 1. The normalized spacial score (nSPS) is 10.8. The molecule has 136 valence electrons. The summed E-state index contributed by atoms with van der Waals surface area (Å²) in [6.07, 6.45) is -0.330. The number of hydrogen-bond donors (Lipinski definition) is 0. The van der Waals surface area contributed by atoms with Gasteiger partial charge in [0.2, 0.25) is 0 Å². The van der Waals surface area contributed by atoms with Gasteiger partial charge in [-0.3, -0.25) is 0 Å². The summed E-state index contributed by atoms with van der Waals surface area (Å²) in [5.41, 5.74) is -1.39. The van der Waals surface area contributed by atoms with Gasteiger partial charge in [-0.2, -0.15) is 0 Å². The van der Waals surface area contributed by atoms with Gasteiger partial charge in [-0.1, -0.05) is 6.07 Å². The van der Waals surface area contributed by atoms with Crippen LogP contribution in [0, 0.1) is 0 Å². The highest BCUT2D eigenvalue weighted by Gasteiger charge is 2.24. The molecular weight excluding hydrogens is 312 g/mol. The van der Waals surface area contributed by atoms with Crippen molar-refractivity contribution in [2.24, 2.45) is 0 Å². The van der Waals surface area contributed by atoms with Crippen molar-refractivity contribution >= 4 is 18.1 Å². The molecule has 0 aliphatic heterocycles. The molecule has 7 nitrogen and oxygen atoms in total. The Bertz CT molecular complexity index is 490. The molecular formula is C17H28N2O5. The number of carbonyl (C=O) groups is 2. The summed E-state index contributed by atoms with van der Waals surface area (Å²) in [6, 6.07) is 5.86. The Kier molecular flexibility index (Phi) is 8.22. The van der Waals surface area contributed by atoms with Crippen molar-refractivity contribution in [1.29, 1.82) is 0 Å². The highest BCUT2D eigenvalue weighted by molar-refractivity contribution is 5.77. The van der Waals surface area contributed by atoms with Gasteiger partial charge in [0, 0.05) is 20.3 Å². The van der Waals surface area contributed by atoms with Crippen molar-refractivity contribution < 1.29 is 23.8 Å². The Labute approximate surface area is 143 Å². The number of hydrogen-bond acceptors (Lipinski definition) is 7. The van der Waals surface area contributed by atoms with Gasteiger partial charge >= 0.3 is 12.3 Å². The summed E-state index contributed by atoms with van der Waals surface area (Å²) < 4.78 is 13.8. The Balaban J connectivity index is 0.000000496. The van der Waals surface area contributed by atoms with Crippen LogP contribution in [-0.4, -0.2) is 42.6 Å². The monoisotopic (exact) mass is 340 g/mol. The molecule has 1 heterocycles. The molecule has 0 aliphatic rings. The first kappa shape index (κ1) is 21.7. The summed E-state index contributed by atoms with van der Waals surface area (Å²) in [5.74, 6) is 0.998. The van der Waals surface area contributed by atoms with Gasteiger partial charge in [-0.05, 0) is 53.7 Å². The first-order valence-electron chi connectivity index (χ1n) is 7.52. The zero-order chi connectivity index (χ0) is 19.0. The fourth-order valence-corrected chi connectivity index (χ4v) is 1.23. The van der Waals surface area contributed by atoms with Crippen LogP contribution in [-0.2, 0) is 14.2 Å². The third-order valence-corrected chi connectivity index (χ3v) is 2.05. The number of pyridine rings is 1. The molecule has 0 fully saturated rings. The second kappa shape index (κ2) is 9.10. The van der Waals surface area contributed by atoms with E-state index in [2.05, 4.69) is 9.72 Å². The van der Waals surface area contributed by atoms with Crippen LogP contribution >= 0.6 is 0 Å². The molecule has 0 N–H and O–H groups in total. The van der Waals surface area contributed by atoms with Gasteiger partial charge in [-0.15, -0.1) is 0 Å². The van der Waals surface area contributed by atoms with E-state index in [4.69, 9.17) is 9.47 Å². The molecule has 24 heavy (non-hydrogen) atoms. The smallest absolute Gasteiger partial charge is 0.428 e. The van der Waals surface area contributed by atoms with E-state index in [1.807, 2.05) is 37.2 Å². The molecule has 0 atom stereocenters. The van der Waals surface area contributed by atoms with Gasteiger partial charge in [0.25, 0.3) is 0 Å². The summed E-state index contributed by atoms with van der Waals surface area (Å²) in [6.45, 7) is 10.0. The van der Waals surface area contributed by atoms with Crippen LogP contribution < -0.4 is 4.90 Å². The largest absolute Gasteiger partial charge is 0.519 e. The number of nitrogens with zero attached hydrogens (tertiary/aromatic N) is 2. The van der Waals surface area contributed by atoms with Crippen LogP contribution in [0.1, 0.15) is 41.5 Å². The number of ether oxygens (including phenoxy) is 3. The fourth-order valence-electron chi connectivity index (χ4n) is 1.23. The molecule has 1 aromatic rings. The number of carbonyl (C=O) groups excluding carboxylic acids is 2. The predicted molar refractivity (Wildman–Crippen MR) is 92.1 cm³/mol. The molecule has 0 aromatic carbocycles. The molecule has 0 aliphatic carbocycles. The minimum absolute atomic E-state index is 0.695. The number of rotatable bonds is 1. The lowest BCUT2D eigenvalue weighted by Crippen LogP contribution is -2.29. The van der Waals surface area contributed by atoms with E-state index in [0.29, 0.717) is 0 Å². The molecule has 0 amide bonds. The van der Waals surface area contributed by atoms with Crippen molar-refractivity contribution in [2.45, 2.75) is 52.7 Å². The standard InChI is InChI=1S/C10H18O5.C7H10N2/c1-9(2,3)14-7(11)13-8(12)15-10(4,5)6;1-9(2)7-5-3-4-6-8-7/h1-6H3;3-6H,1-2H3. The maximum Gasteiger partial charge on any atom is 0.519 e. The summed E-state index contributed by atoms with van der Waals surface area (Å²) in [4.78, 5) is 28.1. The van der Waals surface area contributed by atoms with E-state index < -0.39 is 23.5 Å². The van der Waals surface area contributed by atoms with E-state index in [1.165, 1.54) is 0 Å². The van der Waals surface area contributed by atoms with E-state index in [0.717, 1.165) is 5.82 Å². The van der Waals surface area contributed by atoms with Crippen LogP contribution in [0.4, 0.5) is 15.4 Å². The molecule has 7 heteroatoms. The molecule has 1 aromatic heterocycles. The van der Waals surface area contributed by atoms with Gasteiger partial charge in [0.15, 0.2) is 0 Å². The molecule has 0 bridgehead atoms. The molecule has 0 unspecified atom stereocenters. The average molecular weight is 340 g/mol. The van der Waals surface area contributed by atoms with Crippen molar-refractivity contribution in [3.63, 3.8) is 0 Å². The van der Waals surface area contributed by atoms with Crippen LogP contribution in [0.3, 0.4) is 0 Å². The van der Waals surface area contributed by atoms with Crippen LogP contribution in [0.15, 0.2) is 24.4 Å². The number of aromatic nitrogens is 1. The lowest BCUT2D eigenvalue weighted by molar-refractivity contribution is -0.0293. The Hall–Kier alpha value is -2.31. The molecule has 0 radical (unpaired) electrons. The van der Waals surface area contributed by atoms with Crippen molar-refractivity contribution in [3.8, 4) is 0 Å². The summed E-state index contributed by atoms with van der Waals surface area (Å²) >= 11 is 0. The predicted octanol–water partition coefficient (Wildman–Crippen LogP) is 4.02. The third kappa shape index (κ3) is 12.3. The first-order chi connectivity index (χ1) is 10.8. The van der Waals surface area contributed by atoms with Crippen LogP contribution in [0.25, 0.3) is 0 Å². The van der Waals surface area contributed by atoms with E-state index >= 15 is 0 Å². The van der Waals surface area contributed by atoms with Crippen LogP contribution in [0.2, 0.25) is 0 Å². The average Bonchev–Trinajstić information content (AvgIpc) is 2.35. The summed E-state index contributed by atoms with van der Waals surface area (Å²) in [5, 5.41) is 0. The highest BCUT2D eigenvalue weighted by atomic mass is 16.8. The van der Waals surface area contributed by atoms with Gasteiger partial charge in [0.05, 0.1) is 0 Å². The maximum absolute atomic E-state index is 11.0. The van der Waals surface area contributed by atoms with E-state index in [1.54, 1.807) is 47.7 Å². The van der Waals surface area contributed by atoms with Crippen LogP contribution in [0.5, 0.6) is 0 Å². The Morgan fingerprint density at radius 3 is 1.62 bits per heavy atom. The second-order valence-electron chi connectivity index (χ2n) is 7.11. The first-order valence-corrected chi connectivity index (χ1v) is 7.52. The fraction of sp³-hybridized carbons (Fsp3) is 0.588. The minimum Gasteiger partial charge on any atom is -0.428 e. The third-order valence-electron chi connectivity index (χ3n) is 2.05. The van der Waals surface area contributed by atoms with Gasteiger partial charge < -0.3 is 19.1 Å². The zero-order valence-corrected chi connectivity index (χ0v) is 15.7. The van der Waals surface area contributed by atoms with Gasteiger partial charge in [-0.25, -0.2) is 14.6 Å². The Morgan fingerprint density at radius 2 is 1.38 bits per heavy atom. The van der Waals surface area contributed by atoms with Crippen molar-refractivity contribution in [1.82, 2.24) is 4.98 Å². The van der Waals surface area contributed by atoms with Crippen molar-refractivity contribution in [3.05, 3.63) is 24.4 Å². The van der Waals surface area contributed by atoms with E-state index in [9.17, 15) is 9.59 Å². The quantitative estimate of drug-likeness (QED) is 0.564. The van der Waals surface area contributed by atoms with Gasteiger partial charge in [0.1, 0.15) is 17.0 Å². The molecule has 1 rings (SSSR count). The lowest BCUT2D eigenvalue weighted by Gasteiger charge is -2.20.